The lowest BCUT2D eigenvalue weighted by atomic mass is 9.54. The third-order valence-electron chi connectivity index (χ3n) is 6.58. The second-order valence-electron chi connectivity index (χ2n) is 7.85. The van der Waals surface area contributed by atoms with Crippen molar-refractivity contribution in [3.63, 3.8) is 0 Å². The molecule has 4 bridgehead atoms. The van der Waals surface area contributed by atoms with E-state index in [-0.39, 0.29) is 0 Å². The zero-order chi connectivity index (χ0) is 13.8. The highest BCUT2D eigenvalue weighted by Gasteiger charge is 2.48. The van der Waals surface area contributed by atoms with Gasteiger partial charge in [-0.05, 0) is 61.8 Å². The van der Waals surface area contributed by atoms with Crippen molar-refractivity contribution in [2.24, 2.45) is 23.7 Å². The van der Waals surface area contributed by atoms with Crippen LogP contribution in [0.5, 0.6) is 5.75 Å². The molecule has 4 saturated carbocycles. The normalized spacial score (nSPS) is 43.4. The summed E-state index contributed by atoms with van der Waals surface area (Å²) in [6.07, 6.45) is 8.65. The fourth-order valence-electron chi connectivity index (χ4n) is 5.94. The van der Waals surface area contributed by atoms with Crippen molar-refractivity contribution < 1.29 is 4.74 Å². The Bertz CT molecular complexity index is 512. The Hall–Kier alpha value is -1.02. The molecule has 0 amide bonds. The highest BCUT2D eigenvalue weighted by atomic mass is 16.5. The molecule has 0 radical (unpaired) electrons. The van der Waals surface area contributed by atoms with Crippen molar-refractivity contribution in [1.82, 2.24) is 5.32 Å². The third kappa shape index (κ3) is 2.03. The molecule has 1 aromatic rings. The van der Waals surface area contributed by atoms with E-state index in [0.29, 0.717) is 6.04 Å². The van der Waals surface area contributed by atoms with Crippen LogP contribution in [0.1, 0.15) is 50.1 Å². The van der Waals surface area contributed by atoms with Crippen molar-refractivity contribution in [3.8, 4) is 5.75 Å². The molecule has 0 aromatic heterocycles. The van der Waals surface area contributed by atoms with E-state index in [1.54, 1.807) is 6.42 Å². The summed E-state index contributed by atoms with van der Waals surface area (Å²) >= 11 is 0. The van der Waals surface area contributed by atoms with Gasteiger partial charge in [-0.15, -0.1) is 0 Å². The first-order chi connectivity index (χ1) is 10.4. The first-order valence-corrected chi connectivity index (χ1v) is 8.84. The fourth-order valence-corrected chi connectivity index (χ4v) is 5.94. The van der Waals surface area contributed by atoms with Crippen LogP contribution in [0.25, 0.3) is 0 Å². The van der Waals surface area contributed by atoms with Gasteiger partial charge in [-0.3, -0.25) is 0 Å². The van der Waals surface area contributed by atoms with Gasteiger partial charge in [-0.1, -0.05) is 18.2 Å². The topological polar surface area (TPSA) is 21.3 Å². The number of ether oxygens (including phenoxy) is 1. The lowest BCUT2D eigenvalue weighted by molar-refractivity contribution is -0.0194. The third-order valence-corrected chi connectivity index (χ3v) is 6.58. The van der Waals surface area contributed by atoms with E-state index < -0.39 is 0 Å². The van der Waals surface area contributed by atoms with E-state index in [1.807, 2.05) is 0 Å². The van der Waals surface area contributed by atoms with Crippen molar-refractivity contribution in [1.29, 1.82) is 0 Å². The lowest BCUT2D eigenvalue weighted by Crippen LogP contribution is -2.55. The Morgan fingerprint density at radius 2 is 1.62 bits per heavy atom. The van der Waals surface area contributed by atoms with Crippen LogP contribution in [-0.2, 0) is 0 Å². The molecule has 1 unspecified atom stereocenters. The van der Waals surface area contributed by atoms with Gasteiger partial charge < -0.3 is 10.1 Å². The average Bonchev–Trinajstić information content (AvgIpc) is 2.50. The number of hydrogen-bond acceptors (Lipinski definition) is 2. The van der Waals surface area contributed by atoms with E-state index >= 15 is 0 Å². The van der Waals surface area contributed by atoms with Crippen LogP contribution >= 0.6 is 0 Å². The van der Waals surface area contributed by atoms with Gasteiger partial charge in [0.2, 0.25) is 0 Å². The second-order valence-corrected chi connectivity index (χ2v) is 7.85. The number of fused-ring (bicyclic) bond motifs is 1. The van der Waals surface area contributed by atoms with Gasteiger partial charge >= 0.3 is 0 Å². The maximum atomic E-state index is 5.82. The molecule has 6 rings (SSSR count). The molecule has 4 aliphatic carbocycles. The van der Waals surface area contributed by atoms with E-state index in [1.165, 1.54) is 31.2 Å². The molecular formula is C19H25NO. The monoisotopic (exact) mass is 283 g/mol. The second kappa shape index (κ2) is 4.74. The van der Waals surface area contributed by atoms with Crippen molar-refractivity contribution >= 4 is 0 Å². The van der Waals surface area contributed by atoms with Gasteiger partial charge in [0, 0.05) is 24.1 Å². The van der Waals surface area contributed by atoms with Crippen molar-refractivity contribution in [2.75, 3.05) is 6.61 Å². The molecular weight excluding hydrogens is 258 g/mol. The Balaban J connectivity index is 1.39. The van der Waals surface area contributed by atoms with Gasteiger partial charge in [0.1, 0.15) is 5.75 Å². The van der Waals surface area contributed by atoms with Gasteiger partial charge in [0.15, 0.2) is 0 Å². The number of para-hydroxylation sites is 1. The molecule has 0 saturated heterocycles. The highest BCUT2D eigenvalue weighted by Crippen LogP contribution is 2.54. The average molecular weight is 283 g/mol. The van der Waals surface area contributed by atoms with Crippen LogP contribution in [-0.4, -0.2) is 12.6 Å². The van der Waals surface area contributed by atoms with E-state index in [4.69, 9.17) is 4.74 Å². The summed E-state index contributed by atoms with van der Waals surface area (Å²) in [6.45, 7) is 0.863. The molecule has 0 spiro atoms. The molecule has 112 valence electrons. The van der Waals surface area contributed by atoms with Crippen molar-refractivity contribution in [2.45, 2.75) is 50.6 Å². The predicted molar refractivity (Wildman–Crippen MR) is 83.3 cm³/mol. The van der Waals surface area contributed by atoms with E-state index in [9.17, 15) is 0 Å². The Labute approximate surface area is 127 Å². The van der Waals surface area contributed by atoms with Crippen LogP contribution in [0.4, 0.5) is 0 Å². The Morgan fingerprint density at radius 1 is 0.905 bits per heavy atom. The summed E-state index contributed by atoms with van der Waals surface area (Å²) in [5, 5.41) is 4.08. The summed E-state index contributed by atoms with van der Waals surface area (Å²) in [5.41, 5.74) is 1.39. The summed E-state index contributed by atoms with van der Waals surface area (Å²) in [4.78, 5) is 0. The number of hydrogen-bond donors (Lipinski definition) is 1. The van der Waals surface area contributed by atoms with Gasteiger partial charge in [0.05, 0.1) is 6.61 Å². The molecule has 4 fully saturated rings. The first-order valence-electron chi connectivity index (χ1n) is 8.84. The molecule has 2 nitrogen and oxygen atoms in total. The Kier molecular flexibility index (Phi) is 2.83. The van der Waals surface area contributed by atoms with Gasteiger partial charge in [-0.25, -0.2) is 0 Å². The molecule has 1 heterocycles. The highest BCUT2D eigenvalue weighted by molar-refractivity contribution is 5.37. The first kappa shape index (κ1) is 12.5. The molecule has 2 heteroatoms. The maximum absolute atomic E-state index is 5.82. The summed E-state index contributed by atoms with van der Waals surface area (Å²) in [6, 6.07) is 9.90. The molecule has 1 aliphatic heterocycles. The number of nitrogens with one attached hydrogen (secondary N) is 1. The zero-order valence-electron chi connectivity index (χ0n) is 12.6. The zero-order valence-corrected chi connectivity index (χ0v) is 12.6. The van der Waals surface area contributed by atoms with Crippen molar-refractivity contribution in [3.05, 3.63) is 29.8 Å². The minimum absolute atomic E-state index is 0.512. The fraction of sp³-hybridized carbons (Fsp3) is 0.684. The summed E-state index contributed by atoms with van der Waals surface area (Å²) in [7, 11) is 0. The molecule has 1 atom stereocenters. The predicted octanol–water partition coefficient (Wildman–Crippen LogP) is 3.92. The summed E-state index contributed by atoms with van der Waals surface area (Å²) in [5.74, 6) is 5.14. The van der Waals surface area contributed by atoms with Crippen LogP contribution in [0.15, 0.2) is 24.3 Å². The molecule has 1 N–H and O–H groups in total. The molecule has 1 aromatic carbocycles. The van der Waals surface area contributed by atoms with Crippen LogP contribution in [0.3, 0.4) is 0 Å². The number of rotatable bonds is 2. The SMILES string of the molecule is c1ccc2c(c1)OCCC2NC1C2CC3CC(C2)CC1C3. The maximum Gasteiger partial charge on any atom is 0.124 e. The van der Waals surface area contributed by atoms with Crippen LogP contribution in [0, 0.1) is 23.7 Å². The van der Waals surface area contributed by atoms with E-state index in [0.717, 1.165) is 48.5 Å². The number of benzene rings is 1. The van der Waals surface area contributed by atoms with E-state index in [2.05, 4.69) is 29.6 Å². The minimum atomic E-state index is 0.512. The largest absolute Gasteiger partial charge is 0.493 e. The minimum Gasteiger partial charge on any atom is -0.493 e. The summed E-state index contributed by atoms with van der Waals surface area (Å²) < 4.78 is 5.82. The smallest absolute Gasteiger partial charge is 0.124 e. The lowest BCUT2D eigenvalue weighted by Gasteiger charge is -2.55. The quantitative estimate of drug-likeness (QED) is 0.888. The standard InChI is InChI=1S/C19H25NO/c1-2-4-18-16(3-1)17(5-6-21-18)20-19-14-8-12-7-13(10-14)11-15(19)9-12/h1-4,12-15,17,19-20H,5-11H2. The van der Waals surface area contributed by atoms with Crippen LogP contribution < -0.4 is 10.1 Å². The van der Waals surface area contributed by atoms with Crippen LogP contribution in [0.2, 0.25) is 0 Å². The molecule has 21 heavy (non-hydrogen) atoms. The molecule has 5 aliphatic rings. The Morgan fingerprint density at radius 3 is 2.38 bits per heavy atom. The van der Waals surface area contributed by atoms with Gasteiger partial charge in [0.25, 0.3) is 0 Å². The van der Waals surface area contributed by atoms with Gasteiger partial charge in [-0.2, -0.15) is 0 Å².